The topological polar surface area (TPSA) is 107 Å². The largest absolute Gasteiger partial charge is 0.459 e. The average Bonchev–Trinajstić information content (AvgIpc) is 3.36. The number of hydrogen-bond donors (Lipinski definition) is 2. The first-order valence-electron chi connectivity index (χ1n) is 13.3. The number of carbonyl (C=O) groups is 1. The van der Waals surface area contributed by atoms with Gasteiger partial charge in [-0.05, 0) is 31.2 Å². The first-order chi connectivity index (χ1) is 16.6. The SMILES string of the molecule is CCN1CC2(C)CCC(OC)C34C2C(OC(C)=O)C2(OCOC25CC(O)C2CC3(O)C5C2OC)C14. The lowest BCUT2D eigenvalue weighted by Gasteiger charge is -2.71. The highest BCUT2D eigenvalue weighted by molar-refractivity contribution is 5.67. The first kappa shape index (κ1) is 23.3. The maximum atomic E-state index is 13.3. The van der Waals surface area contributed by atoms with Crippen LogP contribution in [0.2, 0.25) is 0 Å². The lowest BCUT2D eigenvalue weighted by molar-refractivity contribution is -0.332. The summed E-state index contributed by atoms with van der Waals surface area (Å²) < 4.78 is 32.1. The molecule has 9 heteroatoms. The number of aliphatic hydroxyl groups is 2. The number of likely N-dealkylation sites (tertiary alicyclic amines) is 1. The van der Waals surface area contributed by atoms with E-state index in [0.29, 0.717) is 12.8 Å². The molecule has 3 spiro atoms. The molecule has 196 valence electrons. The van der Waals surface area contributed by atoms with Gasteiger partial charge in [0.15, 0.2) is 5.60 Å². The van der Waals surface area contributed by atoms with Gasteiger partial charge in [0.2, 0.25) is 0 Å². The Morgan fingerprint density at radius 2 is 1.94 bits per heavy atom. The Bertz CT molecular complexity index is 964. The van der Waals surface area contributed by atoms with Crippen molar-refractivity contribution in [1.29, 1.82) is 0 Å². The van der Waals surface area contributed by atoms with E-state index in [1.807, 2.05) is 0 Å². The van der Waals surface area contributed by atoms with Gasteiger partial charge in [-0.15, -0.1) is 0 Å². The van der Waals surface area contributed by atoms with Crippen LogP contribution in [-0.2, 0) is 28.5 Å². The molecule has 0 radical (unpaired) electrons. The fourth-order valence-electron chi connectivity index (χ4n) is 11.5. The van der Waals surface area contributed by atoms with E-state index < -0.39 is 40.3 Å². The third kappa shape index (κ3) is 2.09. The molecule has 13 unspecified atom stereocenters. The van der Waals surface area contributed by atoms with Gasteiger partial charge in [0.1, 0.15) is 18.5 Å². The van der Waals surface area contributed by atoms with E-state index in [2.05, 4.69) is 18.7 Å². The lowest BCUT2D eigenvalue weighted by atomic mass is 9.41. The van der Waals surface area contributed by atoms with Crippen LogP contribution in [0.15, 0.2) is 0 Å². The van der Waals surface area contributed by atoms with E-state index >= 15 is 0 Å². The Balaban J connectivity index is 1.62. The van der Waals surface area contributed by atoms with Gasteiger partial charge in [0, 0.05) is 51.9 Å². The Labute approximate surface area is 206 Å². The number of ether oxygens (including phenoxy) is 5. The third-order valence-electron chi connectivity index (χ3n) is 11.9. The van der Waals surface area contributed by atoms with Crippen LogP contribution >= 0.6 is 0 Å². The molecule has 0 aromatic carbocycles. The zero-order chi connectivity index (χ0) is 24.8. The highest BCUT2D eigenvalue weighted by atomic mass is 16.7. The van der Waals surface area contributed by atoms with Gasteiger partial charge in [0.25, 0.3) is 0 Å². The van der Waals surface area contributed by atoms with E-state index in [1.165, 1.54) is 6.92 Å². The molecule has 35 heavy (non-hydrogen) atoms. The number of aliphatic hydroxyl groups excluding tert-OH is 1. The zero-order valence-corrected chi connectivity index (χ0v) is 21.4. The van der Waals surface area contributed by atoms with Crippen LogP contribution in [-0.4, -0.2) is 102 Å². The first-order valence-corrected chi connectivity index (χ1v) is 13.3. The third-order valence-corrected chi connectivity index (χ3v) is 11.9. The Morgan fingerprint density at radius 1 is 1.17 bits per heavy atom. The monoisotopic (exact) mass is 493 g/mol. The van der Waals surface area contributed by atoms with Crippen LogP contribution in [0.25, 0.3) is 0 Å². The lowest BCUT2D eigenvalue weighted by Crippen LogP contribution is -2.85. The van der Waals surface area contributed by atoms with Crippen LogP contribution < -0.4 is 0 Å². The number of nitrogens with zero attached hydrogens (tertiary/aromatic N) is 1. The van der Waals surface area contributed by atoms with Crippen molar-refractivity contribution in [3.8, 4) is 0 Å². The molecule has 7 fully saturated rings. The number of methoxy groups -OCH3 is 2. The van der Waals surface area contributed by atoms with Crippen molar-refractivity contribution in [2.75, 3.05) is 34.1 Å². The van der Waals surface area contributed by atoms with Gasteiger partial charge >= 0.3 is 5.97 Å². The number of fused-ring (bicyclic) bond motifs is 1. The molecule has 0 amide bonds. The van der Waals surface area contributed by atoms with Crippen molar-refractivity contribution < 1.29 is 38.7 Å². The molecule has 2 heterocycles. The van der Waals surface area contributed by atoms with Crippen LogP contribution in [0.3, 0.4) is 0 Å². The minimum absolute atomic E-state index is 0.0311. The van der Waals surface area contributed by atoms with Gasteiger partial charge in [-0.3, -0.25) is 9.69 Å². The van der Waals surface area contributed by atoms with Gasteiger partial charge < -0.3 is 33.9 Å². The minimum Gasteiger partial charge on any atom is -0.459 e. The highest BCUT2D eigenvalue weighted by Crippen LogP contribution is 2.83. The van der Waals surface area contributed by atoms with E-state index in [1.54, 1.807) is 14.2 Å². The quantitative estimate of drug-likeness (QED) is 0.547. The van der Waals surface area contributed by atoms with Gasteiger partial charge in [-0.1, -0.05) is 13.8 Å². The predicted octanol–water partition coefficient (Wildman–Crippen LogP) is 0.696. The molecule has 7 rings (SSSR count). The molecule has 9 nitrogen and oxygen atoms in total. The zero-order valence-electron chi connectivity index (χ0n) is 21.4. The minimum atomic E-state index is -1.24. The maximum absolute atomic E-state index is 13.3. The van der Waals surface area contributed by atoms with E-state index in [-0.39, 0.29) is 48.3 Å². The number of esters is 1. The summed E-state index contributed by atoms with van der Waals surface area (Å²) in [5, 5.41) is 24.7. The summed E-state index contributed by atoms with van der Waals surface area (Å²) in [6.07, 6.45) is 0.473. The molecule has 2 N–H and O–H groups in total. The summed E-state index contributed by atoms with van der Waals surface area (Å²) in [6, 6.07) is -0.280. The van der Waals surface area contributed by atoms with Crippen molar-refractivity contribution in [2.24, 2.45) is 28.6 Å². The number of likely N-dealkylation sites (N-methyl/N-ethyl adjacent to an activating group) is 1. The second kappa shape index (κ2) is 6.79. The Kier molecular flexibility index (Phi) is 4.52. The average molecular weight is 494 g/mol. The second-order valence-electron chi connectivity index (χ2n) is 12.7. The van der Waals surface area contributed by atoms with Crippen LogP contribution in [0, 0.1) is 28.6 Å². The number of hydrogen-bond acceptors (Lipinski definition) is 9. The molecule has 0 aromatic rings. The standard InChI is InChI=1S/C26H39NO8/c1-6-27-11-22(3)8-7-16(31-4)25-19(22)20(35-13(2)28)26(21(25)27)24(33-12-34-26)10-15(29)14-9-23(25,30)18(24)17(14)32-5/h14-21,29-30H,6-12H2,1-5H3. The predicted molar refractivity (Wildman–Crippen MR) is 121 cm³/mol. The molecule has 7 bridgehead atoms. The van der Waals surface area contributed by atoms with Crippen molar-refractivity contribution in [2.45, 2.75) is 93.7 Å². The number of carbonyl (C=O) groups excluding carboxylic acids is 1. The summed E-state index contributed by atoms with van der Waals surface area (Å²) in [5.41, 5.74) is -4.30. The molecule has 7 aliphatic rings. The maximum Gasteiger partial charge on any atom is 0.303 e. The summed E-state index contributed by atoms with van der Waals surface area (Å²) in [7, 11) is 3.40. The van der Waals surface area contributed by atoms with E-state index in [0.717, 1.165) is 25.9 Å². The molecule has 5 aliphatic carbocycles. The number of rotatable bonds is 4. The smallest absolute Gasteiger partial charge is 0.303 e. The van der Waals surface area contributed by atoms with Crippen LogP contribution in [0.5, 0.6) is 0 Å². The molecule has 2 saturated heterocycles. The molecule has 13 atom stereocenters. The van der Waals surface area contributed by atoms with E-state index in [4.69, 9.17) is 23.7 Å². The Morgan fingerprint density at radius 3 is 2.60 bits per heavy atom. The van der Waals surface area contributed by atoms with E-state index in [9.17, 15) is 15.0 Å². The summed E-state index contributed by atoms with van der Waals surface area (Å²) >= 11 is 0. The summed E-state index contributed by atoms with van der Waals surface area (Å²) in [5.74, 6) is -1.16. The van der Waals surface area contributed by atoms with Gasteiger partial charge in [0.05, 0.1) is 35.4 Å². The van der Waals surface area contributed by atoms with Crippen LogP contribution in [0.1, 0.15) is 46.5 Å². The molecule has 2 aliphatic heterocycles. The Hall–Kier alpha value is -0.810. The molecule has 0 aromatic heterocycles. The van der Waals surface area contributed by atoms with Gasteiger partial charge in [-0.25, -0.2) is 0 Å². The molecular formula is C26H39NO8. The summed E-state index contributed by atoms with van der Waals surface area (Å²) in [4.78, 5) is 15.1. The fraction of sp³-hybridized carbons (Fsp3) is 0.962. The van der Waals surface area contributed by atoms with Gasteiger partial charge in [-0.2, -0.15) is 0 Å². The van der Waals surface area contributed by atoms with Crippen LogP contribution in [0.4, 0.5) is 0 Å². The molecule has 5 saturated carbocycles. The van der Waals surface area contributed by atoms with Crippen molar-refractivity contribution in [3.63, 3.8) is 0 Å². The van der Waals surface area contributed by atoms with Crippen molar-refractivity contribution in [3.05, 3.63) is 0 Å². The number of piperidine rings is 1. The fourth-order valence-corrected chi connectivity index (χ4v) is 11.5. The normalized spacial score (nSPS) is 61.6. The second-order valence-corrected chi connectivity index (χ2v) is 12.7. The summed E-state index contributed by atoms with van der Waals surface area (Å²) in [6.45, 7) is 7.51. The van der Waals surface area contributed by atoms with Crippen molar-refractivity contribution in [1.82, 2.24) is 4.90 Å². The molecular weight excluding hydrogens is 454 g/mol. The highest BCUT2D eigenvalue weighted by Gasteiger charge is 2.97. The van der Waals surface area contributed by atoms with Crippen molar-refractivity contribution >= 4 is 5.97 Å².